The molecule has 0 spiro atoms. The number of hydrogen-bond donors (Lipinski definition) is 1. The molecule has 1 N–H and O–H groups in total. The van der Waals surface area contributed by atoms with Crippen LogP contribution in [0.15, 0.2) is 42.5 Å². The van der Waals surface area contributed by atoms with E-state index >= 15 is 0 Å². The van der Waals surface area contributed by atoms with Crippen molar-refractivity contribution >= 4 is 17.5 Å². The van der Waals surface area contributed by atoms with E-state index in [0.29, 0.717) is 12.2 Å². The molecule has 3 heterocycles. The van der Waals surface area contributed by atoms with Gasteiger partial charge in [-0.2, -0.15) is 5.10 Å². The number of aromatic nitrogens is 4. The van der Waals surface area contributed by atoms with Crippen molar-refractivity contribution in [2.45, 2.75) is 26.7 Å². The summed E-state index contributed by atoms with van der Waals surface area (Å²) in [7, 11) is 0. The van der Waals surface area contributed by atoms with Crippen molar-refractivity contribution in [3.05, 3.63) is 59.4 Å². The lowest BCUT2D eigenvalue weighted by Gasteiger charge is -2.36. The molecule has 0 atom stereocenters. The summed E-state index contributed by atoms with van der Waals surface area (Å²) in [5.74, 6) is 0.695. The van der Waals surface area contributed by atoms with Crippen LogP contribution in [0.25, 0.3) is 5.82 Å². The molecule has 3 aromatic rings. The van der Waals surface area contributed by atoms with E-state index < -0.39 is 5.97 Å². The molecule has 0 bridgehead atoms. The van der Waals surface area contributed by atoms with Crippen LogP contribution in [-0.4, -0.2) is 57.2 Å². The fourth-order valence-electron chi connectivity index (χ4n) is 3.92. The predicted molar refractivity (Wildman–Crippen MR) is 115 cm³/mol. The standard InChI is InChI=1S/C22H26N6O2/c1-16-19(8-11-22(29)30)17(2)28(25-16)21-10-9-20(23-24-21)27-14-12-26(13-15-27)18-6-4-3-5-7-18/h3-7,9-10H,8,11-15H2,1-2H3,(H,29,30). The first kappa shape index (κ1) is 19.9. The van der Waals surface area contributed by atoms with Crippen molar-refractivity contribution in [2.24, 2.45) is 0 Å². The van der Waals surface area contributed by atoms with E-state index in [9.17, 15) is 4.79 Å². The topological polar surface area (TPSA) is 87.4 Å². The number of benzene rings is 1. The minimum absolute atomic E-state index is 0.0902. The van der Waals surface area contributed by atoms with Gasteiger partial charge in [0.1, 0.15) is 0 Å². The minimum Gasteiger partial charge on any atom is -0.481 e. The molecular weight excluding hydrogens is 380 g/mol. The second-order valence-electron chi connectivity index (χ2n) is 7.51. The number of hydrogen-bond acceptors (Lipinski definition) is 6. The quantitative estimate of drug-likeness (QED) is 0.673. The molecule has 1 aliphatic rings. The second-order valence-corrected chi connectivity index (χ2v) is 7.51. The van der Waals surface area contributed by atoms with Crippen LogP contribution in [0.1, 0.15) is 23.4 Å². The van der Waals surface area contributed by atoms with Gasteiger partial charge in [-0.25, -0.2) is 4.68 Å². The van der Waals surface area contributed by atoms with Crippen LogP contribution in [0, 0.1) is 13.8 Å². The van der Waals surface area contributed by atoms with Gasteiger partial charge in [0.15, 0.2) is 11.6 Å². The summed E-state index contributed by atoms with van der Waals surface area (Å²) in [6.45, 7) is 7.50. The van der Waals surface area contributed by atoms with E-state index in [0.717, 1.165) is 48.9 Å². The van der Waals surface area contributed by atoms with Crippen LogP contribution in [0.2, 0.25) is 0 Å². The van der Waals surface area contributed by atoms with Gasteiger partial charge < -0.3 is 14.9 Å². The molecular formula is C22H26N6O2. The zero-order chi connectivity index (χ0) is 21.1. The molecule has 0 unspecified atom stereocenters. The molecule has 8 nitrogen and oxygen atoms in total. The molecule has 1 fully saturated rings. The first-order chi connectivity index (χ1) is 14.5. The van der Waals surface area contributed by atoms with Gasteiger partial charge in [0, 0.05) is 44.0 Å². The summed E-state index contributed by atoms with van der Waals surface area (Å²) in [4.78, 5) is 15.5. The van der Waals surface area contributed by atoms with E-state index in [4.69, 9.17) is 5.11 Å². The van der Waals surface area contributed by atoms with Gasteiger partial charge in [0.2, 0.25) is 0 Å². The number of aliphatic carboxylic acids is 1. The maximum atomic E-state index is 10.9. The van der Waals surface area contributed by atoms with Gasteiger partial charge in [-0.05, 0) is 50.1 Å². The maximum absolute atomic E-state index is 10.9. The largest absolute Gasteiger partial charge is 0.481 e. The summed E-state index contributed by atoms with van der Waals surface area (Å²) in [6, 6.07) is 14.4. The number of anilines is 2. The van der Waals surface area contributed by atoms with Crippen LogP contribution < -0.4 is 9.80 Å². The van der Waals surface area contributed by atoms with Gasteiger partial charge in [0.05, 0.1) is 5.69 Å². The fourth-order valence-corrected chi connectivity index (χ4v) is 3.92. The molecule has 30 heavy (non-hydrogen) atoms. The molecule has 156 valence electrons. The number of carbonyl (C=O) groups is 1. The summed E-state index contributed by atoms with van der Waals surface area (Å²) >= 11 is 0. The van der Waals surface area contributed by atoms with Crippen molar-refractivity contribution in [3.63, 3.8) is 0 Å². The zero-order valence-electron chi connectivity index (χ0n) is 17.3. The van der Waals surface area contributed by atoms with E-state index in [1.165, 1.54) is 5.69 Å². The van der Waals surface area contributed by atoms with E-state index in [2.05, 4.69) is 49.4 Å². The van der Waals surface area contributed by atoms with Crippen LogP contribution in [0.4, 0.5) is 11.5 Å². The number of para-hydroxylation sites is 1. The van der Waals surface area contributed by atoms with E-state index in [1.54, 1.807) is 4.68 Å². The second kappa shape index (κ2) is 8.52. The fraction of sp³-hybridized carbons (Fsp3) is 0.364. The molecule has 8 heteroatoms. The smallest absolute Gasteiger partial charge is 0.303 e. The Morgan fingerprint density at radius 3 is 2.20 bits per heavy atom. The molecule has 1 aromatic carbocycles. The molecule has 4 rings (SSSR count). The molecule has 0 amide bonds. The van der Waals surface area contributed by atoms with Crippen molar-refractivity contribution in [1.29, 1.82) is 0 Å². The van der Waals surface area contributed by atoms with Crippen molar-refractivity contribution < 1.29 is 9.90 Å². The van der Waals surface area contributed by atoms with Crippen LogP contribution in [0.5, 0.6) is 0 Å². The highest BCUT2D eigenvalue weighted by atomic mass is 16.4. The van der Waals surface area contributed by atoms with E-state index in [1.807, 2.05) is 32.0 Å². The number of nitrogens with zero attached hydrogens (tertiary/aromatic N) is 6. The molecule has 0 saturated carbocycles. The number of aryl methyl sites for hydroxylation is 1. The lowest BCUT2D eigenvalue weighted by atomic mass is 10.1. The number of carboxylic acid groups (broad SMARTS) is 1. The summed E-state index contributed by atoms with van der Waals surface area (Å²) in [5, 5.41) is 22.3. The molecule has 0 radical (unpaired) electrons. The predicted octanol–water partition coefficient (Wildman–Crippen LogP) is 2.62. The van der Waals surface area contributed by atoms with Gasteiger partial charge in [0.25, 0.3) is 0 Å². The van der Waals surface area contributed by atoms with Crippen molar-refractivity contribution in [1.82, 2.24) is 20.0 Å². The Labute approximate surface area is 175 Å². The lowest BCUT2D eigenvalue weighted by Crippen LogP contribution is -2.46. The highest BCUT2D eigenvalue weighted by molar-refractivity contribution is 5.67. The highest BCUT2D eigenvalue weighted by Gasteiger charge is 2.19. The molecule has 0 aliphatic carbocycles. The Bertz CT molecular complexity index is 1010. The van der Waals surface area contributed by atoms with Crippen LogP contribution in [0.3, 0.4) is 0 Å². The van der Waals surface area contributed by atoms with Crippen molar-refractivity contribution in [2.75, 3.05) is 36.0 Å². The van der Waals surface area contributed by atoms with Gasteiger partial charge in [-0.3, -0.25) is 4.79 Å². The monoisotopic (exact) mass is 406 g/mol. The third kappa shape index (κ3) is 4.12. The Balaban J connectivity index is 1.44. The summed E-state index contributed by atoms with van der Waals surface area (Å²) < 4.78 is 1.75. The van der Waals surface area contributed by atoms with E-state index in [-0.39, 0.29) is 6.42 Å². The molecule has 1 aliphatic heterocycles. The summed E-state index contributed by atoms with van der Waals surface area (Å²) in [5.41, 5.74) is 3.95. The minimum atomic E-state index is -0.807. The van der Waals surface area contributed by atoms with Gasteiger partial charge in [-0.15, -0.1) is 10.2 Å². The summed E-state index contributed by atoms with van der Waals surface area (Å²) in [6.07, 6.45) is 0.553. The third-order valence-corrected chi connectivity index (χ3v) is 5.61. The Morgan fingerprint density at radius 1 is 0.933 bits per heavy atom. The first-order valence-electron chi connectivity index (χ1n) is 10.2. The Kier molecular flexibility index (Phi) is 5.65. The number of rotatable bonds is 6. The maximum Gasteiger partial charge on any atom is 0.303 e. The average molecular weight is 406 g/mol. The SMILES string of the molecule is Cc1nn(-c2ccc(N3CCN(c4ccccc4)CC3)nn2)c(C)c1CCC(=O)O. The third-order valence-electron chi connectivity index (χ3n) is 5.61. The van der Waals surface area contributed by atoms with Gasteiger partial charge in [-0.1, -0.05) is 18.2 Å². The number of carboxylic acids is 1. The average Bonchev–Trinajstić information content (AvgIpc) is 3.06. The Hall–Kier alpha value is -3.42. The molecule has 1 saturated heterocycles. The lowest BCUT2D eigenvalue weighted by molar-refractivity contribution is -0.136. The van der Waals surface area contributed by atoms with Gasteiger partial charge >= 0.3 is 5.97 Å². The zero-order valence-corrected chi connectivity index (χ0v) is 17.3. The Morgan fingerprint density at radius 2 is 1.57 bits per heavy atom. The molecule has 2 aromatic heterocycles. The number of piperazine rings is 1. The van der Waals surface area contributed by atoms with Crippen LogP contribution >= 0.6 is 0 Å². The van der Waals surface area contributed by atoms with Crippen molar-refractivity contribution in [3.8, 4) is 5.82 Å². The highest BCUT2D eigenvalue weighted by Crippen LogP contribution is 2.21. The first-order valence-corrected chi connectivity index (χ1v) is 10.2. The normalized spacial score (nSPS) is 14.2. The van der Waals surface area contributed by atoms with Crippen LogP contribution in [-0.2, 0) is 11.2 Å².